The molecule has 0 heterocycles. The molecule has 0 saturated carbocycles. The smallest absolute Gasteiger partial charge is 0.309 e. The van der Waals surface area contributed by atoms with Crippen molar-refractivity contribution in [2.24, 2.45) is 0 Å². The van der Waals surface area contributed by atoms with Crippen LogP contribution in [0.4, 0.5) is 0 Å². The second kappa shape index (κ2) is 4.34. The van der Waals surface area contributed by atoms with Gasteiger partial charge in [-0.25, -0.2) is 0 Å². The van der Waals surface area contributed by atoms with Crippen LogP contribution in [0.1, 0.15) is 6.92 Å². The lowest BCUT2D eigenvalue weighted by Gasteiger charge is -2.10. The van der Waals surface area contributed by atoms with Crippen LogP contribution >= 0.6 is 7.60 Å². The number of hydrogen-bond donors (Lipinski definition) is 1. The first kappa shape index (κ1) is 12.1. The van der Waals surface area contributed by atoms with Crippen LogP contribution in [0.15, 0.2) is 0 Å². The lowest BCUT2D eigenvalue weighted by molar-refractivity contribution is 0.235. The van der Waals surface area contributed by atoms with Crippen molar-refractivity contribution in [2.45, 2.75) is 6.92 Å². The van der Waals surface area contributed by atoms with Crippen molar-refractivity contribution in [2.75, 3.05) is 19.2 Å². The molecule has 0 aromatic heterocycles. The minimum Gasteiger partial charge on any atom is -0.309 e. The van der Waals surface area contributed by atoms with E-state index in [-0.39, 0.29) is 6.61 Å². The lowest BCUT2D eigenvalue weighted by Crippen LogP contribution is -2.07. The SMILES string of the molecule is CCOP(C)(=O)OCS(=O)(=O)O. The molecule has 0 aromatic rings. The molecule has 0 aliphatic heterocycles. The molecule has 1 atom stereocenters. The van der Waals surface area contributed by atoms with E-state index >= 15 is 0 Å². The first-order valence-corrected chi connectivity index (χ1v) is 6.68. The lowest BCUT2D eigenvalue weighted by atomic mass is 10.9. The van der Waals surface area contributed by atoms with Crippen molar-refractivity contribution in [3.05, 3.63) is 0 Å². The van der Waals surface area contributed by atoms with E-state index in [0.29, 0.717) is 0 Å². The highest BCUT2D eigenvalue weighted by molar-refractivity contribution is 7.85. The van der Waals surface area contributed by atoms with Gasteiger partial charge in [0.2, 0.25) is 0 Å². The van der Waals surface area contributed by atoms with Crippen molar-refractivity contribution < 1.29 is 26.6 Å². The highest BCUT2D eigenvalue weighted by Gasteiger charge is 2.19. The van der Waals surface area contributed by atoms with Crippen molar-refractivity contribution in [3.63, 3.8) is 0 Å². The molecule has 8 heteroatoms. The van der Waals surface area contributed by atoms with Gasteiger partial charge in [0.1, 0.15) is 0 Å². The van der Waals surface area contributed by atoms with E-state index < -0.39 is 23.7 Å². The Kier molecular flexibility index (Phi) is 4.36. The highest BCUT2D eigenvalue weighted by Crippen LogP contribution is 2.43. The second-order valence-corrected chi connectivity index (χ2v) is 5.48. The largest absolute Gasteiger partial charge is 0.328 e. The zero-order valence-corrected chi connectivity index (χ0v) is 8.47. The second-order valence-electron chi connectivity index (χ2n) is 2.02. The first-order chi connectivity index (χ1) is 5.27. The van der Waals surface area contributed by atoms with Gasteiger partial charge in [-0.3, -0.25) is 13.6 Å². The molecule has 1 unspecified atom stereocenters. The van der Waals surface area contributed by atoms with Crippen LogP contribution in [-0.4, -0.2) is 32.2 Å². The fourth-order valence-electron chi connectivity index (χ4n) is 0.434. The minimum absolute atomic E-state index is 0.152. The fourth-order valence-corrected chi connectivity index (χ4v) is 2.28. The van der Waals surface area contributed by atoms with Crippen molar-refractivity contribution in [1.82, 2.24) is 0 Å². The number of hydrogen-bond acceptors (Lipinski definition) is 5. The average Bonchev–Trinajstić information content (AvgIpc) is 1.83. The molecule has 0 rings (SSSR count). The maximum atomic E-state index is 11.0. The highest BCUT2D eigenvalue weighted by atomic mass is 32.2. The molecule has 0 aromatic carbocycles. The molecule has 0 spiro atoms. The summed E-state index contributed by atoms with van der Waals surface area (Å²) in [6.07, 6.45) is 0. The third-order valence-electron chi connectivity index (χ3n) is 0.800. The average molecular weight is 218 g/mol. The molecule has 0 saturated heterocycles. The number of rotatable bonds is 5. The topological polar surface area (TPSA) is 89.9 Å². The molecular weight excluding hydrogens is 207 g/mol. The molecule has 6 nitrogen and oxygen atoms in total. The molecule has 0 radical (unpaired) electrons. The summed E-state index contributed by atoms with van der Waals surface area (Å²) in [7, 11) is -7.58. The summed E-state index contributed by atoms with van der Waals surface area (Å²) in [4.78, 5) is 0. The van der Waals surface area contributed by atoms with Gasteiger partial charge in [0.15, 0.2) is 5.94 Å². The van der Waals surface area contributed by atoms with Crippen LogP contribution in [0.5, 0.6) is 0 Å². The van der Waals surface area contributed by atoms with Gasteiger partial charge in [-0.15, -0.1) is 0 Å². The normalized spacial score (nSPS) is 17.2. The Morgan fingerprint density at radius 2 is 1.92 bits per heavy atom. The predicted molar refractivity (Wildman–Crippen MR) is 42.7 cm³/mol. The summed E-state index contributed by atoms with van der Waals surface area (Å²) >= 11 is 0. The van der Waals surface area contributed by atoms with Crippen molar-refractivity contribution in [1.29, 1.82) is 0 Å². The molecule has 0 bridgehead atoms. The minimum atomic E-state index is -4.25. The van der Waals surface area contributed by atoms with Crippen LogP contribution < -0.4 is 0 Å². The van der Waals surface area contributed by atoms with Crippen LogP contribution in [0.25, 0.3) is 0 Å². The maximum absolute atomic E-state index is 11.0. The Labute approximate surface area is 71.2 Å². The van der Waals surface area contributed by atoms with Crippen LogP contribution in [0.3, 0.4) is 0 Å². The quantitative estimate of drug-likeness (QED) is 0.539. The fraction of sp³-hybridized carbons (Fsp3) is 1.00. The Balaban J connectivity index is 4.01. The molecule has 1 N–H and O–H groups in total. The van der Waals surface area contributed by atoms with Gasteiger partial charge in [-0.05, 0) is 6.92 Å². The standard InChI is InChI=1S/C4H11O6PS/c1-3-9-11(2,5)10-4-12(6,7)8/h3-4H2,1-2H3,(H,6,7,8). The Bertz CT molecular complexity index is 269. The molecule has 0 aliphatic carbocycles. The molecule has 0 aliphatic rings. The van der Waals surface area contributed by atoms with E-state index in [1.165, 1.54) is 0 Å². The van der Waals surface area contributed by atoms with E-state index in [2.05, 4.69) is 9.05 Å². The zero-order chi connectivity index (χ0) is 9.83. The van der Waals surface area contributed by atoms with E-state index in [4.69, 9.17) is 4.55 Å². The first-order valence-electron chi connectivity index (χ1n) is 3.08. The molecule has 74 valence electrons. The van der Waals surface area contributed by atoms with Crippen LogP contribution in [-0.2, 0) is 23.7 Å². The van der Waals surface area contributed by atoms with Gasteiger partial charge in [0, 0.05) is 6.66 Å². The van der Waals surface area contributed by atoms with Crippen LogP contribution in [0, 0.1) is 0 Å². The van der Waals surface area contributed by atoms with E-state index in [1.807, 2.05) is 0 Å². The Hall–Kier alpha value is 0.0600. The van der Waals surface area contributed by atoms with Crippen LogP contribution in [0.2, 0.25) is 0 Å². The molecule has 0 amide bonds. The summed E-state index contributed by atoms with van der Waals surface area (Å²) < 4.78 is 48.4. The molecular formula is C4H11O6PS. The van der Waals surface area contributed by atoms with E-state index in [9.17, 15) is 13.0 Å². The summed E-state index contributed by atoms with van der Waals surface area (Å²) in [6.45, 7) is 2.87. The summed E-state index contributed by atoms with van der Waals surface area (Å²) in [5, 5.41) is 0. The van der Waals surface area contributed by atoms with Gasteiger partial charge in [-0.2, -0.15) is 8.42 Å². The maximum Gasteiger partial charge on any atom is 0.328 e. The third kappa shape index (κ3) is 6.75. The monoisotopic (exact) mass is 218 g/mol. The van der Waals surface area contributed by atoms with Gasteiger partial charge in [-0.1, -0.05) is 0 Å². The zero-order valence-electron chi connectivity index (χ0n) is 6.76. The van der Waals surface area contributed by atoms with Gasteiger partial charge >= 0.3 is 7.60 Å². The van der Waals surface area contributed by atoms with Gasteiger partial charge in [0.25, 0.3) is 10.1 Å². The Morgan fingerprint density at radius 3 is 2.25 bits per heavy atom. The Morgan fingerprint density at radius 1 is 1.42 bits per heavy atom. The van der Waals surface area contributed by atoms with Gasteiger partial charge in [0.05, 0.1) is 6.61 Å². The summed E-state index contributed by atoms with van der Waals surface area (Å²) in [5.74, 6) is -1.01. The van der Waals surface area contributed by atoms with Gasteiger partial charge < -0.3 is 4.52 Å². The molecule has 12 heavy (non-hydrogen) atoms. The molecule has 0 fully saturated rings. The van der Waals surface area contributed by atoms with Crippen molar-refractivity contribution in [3.8, 4) is 0 Å². The summed E-state index contributed by atoms with van der Waals surface area (Å²) in [5.41, 5.74) is 0. The van der Waals surface area contributed by atoms with Crippen molar-refractivity contribution >= 4 is 17.7 Å². The summed E-state index contributed by atoms with van der Waals surface area (Å²) in [6, 6.07) is 0. The predicted octanol–water partition coefficient (Wildman–Crippen LogP) is 0.708. The van der Waals surface area contributed by atoms with E-state index in [0.717, 1.165) is 6.66 Å². The van der Waals surface area contributed by atoms with E-state index in [1.54, 1.807) is 6.92 Å². The third-order valence-corrected chi connectivity index (χ3v) is 2.72.